The van der Waals surface area contributed by atoms with Gasteiger partial charge in [0.05, 0.1) is 11.6 Å². The molecule has 1 N–H and O–H groups in total. The molecule has 0 saturated carbocycles. The third kappa shape index (κ3) is 3.10. The van der Waals surface area contributed by atoms with Gasteiger partial charge in [0.25, 0.3) is 5.71 Å². The molecule has 4 rings (SSSR count). The van der Waals surface area contributed by atoms with Crippen molar-refractivity contribution in [2.45, 2.75) is 19.8 Å². The smallest absolute Gasteiger partial charge is 0.263 e. The molecule has 1 aromatic carbocycles. The predicted molar refractivity (Wildman–Crippen MR) is 94.3 cm³/mol. The van der Waals surface area contributed by atoms with Gasteiger partial charge in [-0.05, 0) is 38.0 Å². The maximum atomic E-state index is 13.3. The molecule has 0 spiro atoms. The average molecular weight is 355 g/mol. The minimum Gasteiger partial charge on any atom is -0.355 e. The number of aromatic nitrogens is 3. The Morgan fingerprint density at radius 2 is 2.27 bits per heavy atom. The standard InChI is InChI=1S/C18H18FN5O2/c1-11-15-16(20-10-21-18(15)26-23-11)24-7-3-4-12(9-24)17(25)22-14-6-2-5-13(19)8-14/h2,5-6,8,10,12H,3-4,7,9H2,1H3,(H,22,25)/t12-/m1/s1. The van der Waals surface area contributed by atoms with Gasteiger partial charge in [-0.1, -0.05) is 11.2 Å². The number of carbonyl (C=O) groups excluding carboxylic acids is 1. The monoisotopic (exact) mass is 355 g/mol. The van der Waals surface area contributed by atoms with Gasteiger partial charge >= 0.3 is 0 Å². The number of fused-ring (bicyclic) bond motifs is 1. The van der Waals surface area contributed by atoms with Crippen LogP contribution in [0.3, 0.4) is 0 Å². The van der Waals surface area contributed by atoms with E-state index < -0.39 is 0 Å². The van der Waals surface area contributed by atoms with E-state index in [1.54, 1.807) is 12.1 Å². The Morgan fingerprint density at radius 1 is 1.38 bits per heavy atom. The molecule has 2 aromatic heterocycles. The van der Waals surface area contributed by atoms with E-state index in [0.29, 0.717) is 17.9 Å². The number of piperidine rings is 1. The van der Waals surface area contributed by atoms with Crippen LogP contribution in [0.25, 0.3) is 11.1 Å². The largest absolute Gasteiger partial charge is 0.355 e. The van der Waals surface area contributed by atoms with Gasteiger partial charge in [0.15, 0.2) is 0 Å². The molecular weight excluding hydrogens is 337 g/mol. The highest BCUT2D eigenvalue weighted by molar-refractivity contribution is 5.93. The lowest BCUT2D eigenvalue weighted by Crippen LogP contribution is -2.41. The van der Waals surface area contributed by atoms with Crippen LogP contribution in [0.1, 0.15) is 18.5 Å². The molecule has 3 heterocycles. The van der Waals surface area contributed by atoms with Crippen molar-refractivity contribution in [2.24, 2.45) is 5.92 Å². The first-order valence-electron chi connectivity index (χ1n) is 8.50. The Labute approximate surface area is 149 Å². The fourth-order valence-corrected chi connectivity index (χ4v) is 3.34. The summed E-state index contributed by atoms with van der Waals surface area (Å²) in [5.74, 6) is 0.0289. The Bertz CT molecular complexity index is 958. The van der Waals surface area contributed by atoms with Crippen LogP contribution in [-0.2, 0) is 4.79 Å². The van der Waals surface area contributed by atoms with Crippen molar-refractivity contribution in [1.82, 2.24) is 15.1 Å². The van der Waals surface area contributed by atoms with Crippen molar-refractivity contribution in [2.75, 3.05) is 23.3 Å². The van der Waals surface area contributed by atoms with Crippen LogP contribution >= 0.6 is 0 Å². The van der Waals surface area contributed by atoms with E-state index in [4.69, 9.17) is 4.52 Å². The average Bonchev–Trinajstić information content (AvgIpc) is 3.03. The predicted octanol–water partition coefficient (Wildman–Crippen LogP) is 2.92. The van der Waals surface area contributed by atoms with Gasteiger partial charge in [-0.15, -0.1) is 0 Å². The Morgan fingerprint density at radius 3 is 3.12 bits per heavy atom. The van der Waals surface area contributed by atoms with Gasteiger partial charge in [-0.25, -0.2) is 9.37 Å². The molecule has 0 unspecified atom stereocenters. The molecule has 1 aliphatic rings. The lowest BCUT2D eigenvalue weighted by molar-refractivity contribution is -0.120. The Hall–Kier alpha value is -3.03. The first kappa shape index (κ1) is 16.4. The van der Waals surface area contributed by atoms with E-state index in [-0.39, 0.29) is 17.6 Å². The molecule has 1 saturated heterocycles. The van der Waals surface area contributed by atoms with Crippen molar-refractivity contribution in [3.05, 3.63) is 42.1 Å². The normalized spacial score (nSPS) is 17.5. The number of amides is 1. The summed E-state index contributed by atoms with van der Waals surface area (Å²) >= 11 is 0. The van der Waals surface area contributed by atoms with Gasteiger partial charge in [0.1, 0.15) is 23.3 Å². The SMILES string of the molecule is Cc1noc2ncnc(N3CCC[C@@H](C(=O)Nc4cccc(F)c4)C3)c12. The van der Waals surface area contributed by atoms with Crippen LogP contribution in [0.2, 0.25) is 0 Å². The highest BCUT2D eigenvalue weighted by Crippen LogP contribution is 2.29. The number of nitrogens with one attached hydrogen (secondary N) is 1. The molecule has 0 bridgehead atoms. The minimum atomic E-state index is -0.376. The van der Waals surface area contributed by atoms with Crippen molar-refractivity contribution >= 4 is 28.5 Å². The second-order valence-corrected chi connectivity index (χ2v) is 6.43. The van der Waals surface area contributed by atoms with Gasteiger partial charge in [0.2, 0.25) is 5.91 Å². The van der Waals surface area contributed by atoms with Crippen molar-refractivity contribution in [3.63, 3.8) is 0 Å². The number of nitrogens with zero attached hydrogens (tertiary/aromatic N) is 4. The summed E-state index contributed by atoms with van der Waals surface area (Å²) < 4.78 is 18.5. The molecule has 7 nitrogen and oxygen atoms in total. The maximum absolute atomic E-state index is 13.3. The fraction of sp³-hybridized carbons (Fsp3) is 0.333. The molecule has 8 heteroatoms. The number of halogens is 1. The summed E-state index contributed by atoms with van der Waals surface area (Å²) in [6.07, 6.45) is 3.07. The quantitative estimate of drug-likeness (QED) is 0.778. The fourth-order valence-electron chi connectivity index (χ4n) is 3.34. The van der Waals surface area contributed by atoms with Crippen LogP contribution in [0.15, 0.2) is 35.1 Å². The molecule has 0 radical (unpaired) electrons. The van der Waals surface area contributed by atoms with Crippen LogP contribution in [0, 0.1) is 18.7 Å². The van der Waals surface area contributed by atoms with E-state index in [1.807, 2.05) is 6.92 Å². The second kappa shape index (κ2) is 6.70. The number of anilines is 2. The molecule has 134 valence electrons. The van der Waals surface area contributed by atoms with Crippen LogP contribution in [-0.4, -0.2) is 34.1 Å². The highest BCUT2D eigenvalue weighted by atomic mass is 19.1. The van der Waals surface area contributed by atoms with Crippen LogP contribution in [0.4, 0.5) is 15.9 Å². The van der Waals surface area contributed by atoms with E-state index in [1.165, 1.54) is 18.5 Å². The lowest BCUT2D eigenvalue weighted by atomic mass is 9.96. The van der Waals surface area contributed by atoms with E-state index in [9.17, 15) is 9.18 Å². The molecule has 0 aliphatic carbocycles. The molecule has 1 aliphatic heterocycles. The second-order valence-electron chi connectivity index (χ2n) is 6.43. The van der Waals surface area contributed by atoms with Crippen molar-refractivity contribution in [1.29, 1.82) is 0 Å². The molecule has 3 aromatic rings. The lowest BCUT2D eigenvalue weighted by Gasteiger charge is -2.33. The molecule has 1 amide bonds. The first-order valence-corrected chi connectivity index (χ1v) is 8.50. The third-order valence-electron chi connectivity index (χ3n) is 4.61. The summed E-state index contributed by atoms with van der Waals surface area (Å²) in [6.45, 7) is 3.16. The van der Waals surface area contributed by atoms with Crippen LogP contribution in [0.5, 0.6) is 0 Å². The molecular formula is C18H18FN5O2. The van der Waals surface area contributed by atoms with E-state index >= 15 is 0 Å². The summed E-state index contributed by atoms with van der Waals surface area (Å²) in [4.78, 5) is 23.2. The molecule has 1 fully saturated rings. The summed E-state index contributed by atoms with van der Waals surface area (Å²) in [5, 5.41) is 7.53. The van der Waals surface area contributed by atoms with Gasteiger partial charge in [0, 0.05) is 18.8 Å². The Balaban J connectivity index is 1.53. The van der Waals surface area contributed by atoms with Gasteiger partial charge in [-0.2, -0.15) is 4.98 Å². The summed E-state index contributed by atoms with van der Waals surface area (Å²) in [6, 6.07) is 5.91. The van der Waals surface area contributed by atoms with Gasteiger partial charge < -0.3 is 14.7 Å². The van der Waals surface area contributed by atoms with Crippen molar-refractivity contribution in [3.8, 4) is 0 Å². The number of hydrogen-bond acceptors (Lipinski definition) is 6. The summed E-state index contributed by atoms with van der Waals surface area (Å²) in [7, 11) is 0. The Kier molecular flexibility index (Phi) is 4.24. The minimum absolute atomic E-state index is 0.118. The zero-order valence-corrected chi connectivity index (χ0v) is 14.3. The summed E-state index contributed by atoms with van der Waals surface area (Å²) in [5.41, 5.74) is 1.63. The number of hydrogen-bond donors (Lipinski definition) is 1. The zero-order valence-electron chi connectivity index (χ0n) is 14.3. The van der Waals surface area contributed by atoms with Crippen molar-refractivity contribution < 1.29 is 13.7 Å². The first-order chi connectivity index (χ1) is 12.6. The third-order valence-corrected chi connectivity index (χ3v) is 4.61. The number of carbonyl (C=O) groups is 1. The number of rotatable bonds is 3. The van der Waals surface area contributed by atoms with Crippen LogP contribution < -0.4 is 10.2 Å². The molecule has 26 heavy (non-hydrogen) atoms. The topological polar surface area (TPSA) is 84.2 Å². The zero-order chi connectivity index (χ0) is 18.1. The van der Waals surface area contributed by atoms with Gasteiger partial charge in [-0.3, -0.25) is 4.79 Å². The number of benzene rings is 1. The molecule has 1 atom stereocenters. The highest BCUT2D eigenvalue weighted by Gasteiger charge is 2.28. The van der Waals surface area contributed by atoms with E-state index in [0.717, 1.165) is 36.3 Å². The maximum Gasteiger partial charge on any atom is 0.263 e. The number of aryl methyl sites for hydroxylation is 1. The van der Waals surface area contributed by atoms with E-state index in [2.05, 4.69) is 25.3 Å².